The van der Waals surface area contributed by atoms with Gasteiger partial charge in [-0.1, -0.05) is 41.9 Å². The van der Waals surface area contributed by atoms with Crippen LogP contribution in [0.15, 0.2) is 64.8 Å². The SMILES string of the molecule is O=[N+]([O-])c1ccc(N=Nc2c(O)ccc3ccccc23)c(Cl)c1. The van der Waals surface area contributed by atoms with Crippen LogP contribution in [0.5, 0.6) is 5.75 Å². The van der Waals surface area contributed by atoms with Crippen LogP contribution in [0.1, 0.15) is 0 Å². The molecule has 0 aliphatic rings. The van der Waals surface area contributed by atoms with Crippen LogP contribution in [0.25, 0.3) is 10.8 Å². The van der Waals surface area contributed by atoms with Gasteiger partial charge in [0.15, 0.2) is 0 Å². The van der Waals surface area contributed by atoms with Crippen molar-refractivity contribution in [3.05, 3.63) is 69.7 Å². The molecule has 1 N–H and O–H groups in total. The van der Waals surface area contributed by atoms with E-state index in [1.165, 1.54) is 24.3 Å². The van der Waals surface area contributed by atoms with Crippen molar-refractivity contribution in [1.82, 2.24) is 0 Å². The van der Waals surface area contributed by atoms with E-state index in [1.54, 1.807) is 6.07 Å². The zero-order chi connectivity index (χ0) is 16.4. The number of nitro benzene ring substituents is 1. The van der Waals surface area contributed by atoms with Gasteiger partial charge in [-0.25, -0.2) is 0 Å². The Morgan fingerprint density at radius 2 is 1.83 bits per heavy atom. The molecule has 0 aromatic heterocycles. The van der Waals surface area contributed by atoms with Gasteiger partial charge in [-0.2, -0.15) is 0 Å². The van der Waals surface area contributed by atoms with Crippen molar-refractivity contribution in [3.8, 4) is 5.75 Å². The number of non-ortho nitro benzene ring substituents is 1. The van der Waals surface area contributed by atoms with Gasteiger partial charge in [0.1, 0.15) is 17.1 Å². The highest BCUT2D eigenvalue weighted by atomic mass is 35.5. The minimum atomic E-state index is -0.538. The first-order valence-electron chi connectivity index (χ1n) is 6.62. The molecule has 0 aliphatic carbocycles. The van der Waals surface area contributed by atoms with Crippen molar-refractivity contribution in [2.75, 3.05) is 0 Å². The number of aromatic hydroxyl groups is 1. The van der Waals surface area contributed by atoms with Gasteiger partial charge in [-0.3, -0.25) is 10.1 Å². The van der Waals surface area contributed by atoms with E-state index < -0.39 is 4.92 Å². The molecule has 0 amide bonds. The molecular weight excluding hydrogens is 318 g/mol. The zero-order valence-electron chi connectivity index (χ0n) is 11.7. The first kappa shape index (κ1) is 14.9. The van der Waals surface area contributed by atoms with E-state index in [-0.39, 0.29) is 22.1 Å². The highest BCUT2D eigenvalue weighted by Crippen LogP contribution is 2.37. The van der Waals surface area contributed by atoms with E-state index in [9.17, 15) is 15.2 Å². The van der Waals surface area contributed by atoms with Crippen molar-refractivity contribution in [3.63, 3.8) is 0 Å². The molecule has 0 radical (unpaired) electrons. The number of rotatable bonds is 3. The maximum absolute atomic E-state index is 10.7. The first-order chi connectivity index (χ1) is 11.1. The molecule has 0 bridgehead atoms. The van der Waals surface area contributed by atoms with E-state index in [0.29, 0.717) is 5.69 Å². The van der Waals surface area contributed by atoms with Crippen LogP contribution < -0.4 is 0 Å². The molecule has 114 valence electrons. The molecular formula is C16H10ClN3O3. The molecule has 0 atom stereocenters. The number of azo groups is 1. The number of halogens is 1. The normalized spacial score (nSPS) is 11.2. The van der Waals surface area contributed by atoms with E-state index in [2.05, 4.69) is 10.2 Å². The van der Waals surface area contributed by atoms with Crippen LogP contribution in [0.4, 0.5) is 17.1 Å². The minimum Gasteiger partial charge on any atom is -0.506 e. The van der Waals surface area contributed by atoms with Crippen molar-refractivity contribution in [2.24, 2.45) is 10.2 Å². The van der Waals surface area contributed by atoms with Gasteiger partial charge in [0, 0.05) is 17.5 Å². The fraction of sp³-hybridized carbons (Fsp3) is 0. The molecule has 3 aromatic rings. The van der Waals surface area contributed by atoms with Crippen molar-refractivity contribution < 1.29 is 10.0 Å². The van der Waals surface area contributed by atoms with Gasteiger partial charge in [-0.05, 0) is 17.5 Å². The summed E-state index contributed by atoms with van der Waals surface area (Å²) < 4.78 is 0. The summed E-state index contributed by atoms with van der Waals surface area (Å²) >= 11 is 5.98. The van der Waals surface area contributed by atoms with E-state index in [1.807, 2.05) is 24.3 Å². The number of hydrogen-bond acceptors (Lipinski definition) is 5. The van der Waals surface area contributed by atoms with E-state index in [4.69, 9.17) is 11.6 Å². The number of nitro groups is 1. The molecule has 3 rings (SSSR count). The second-order valence-electron chi connectivity index (χ2n) is 4.75. The predicted octanol–water partition coefficient (Wildman–Crippen LogP) is 5.52. The lowest BCUT2D eigenvalue weighted by Gasteiger charge is -2.03. The summed E-state index contributed by atoms with van der Waals surface area (Å²) in [7, 11) is 0. The van der Waals surface area contributed by atoms with Gasteiger partial charge >= 0.3 is 0 Å². The molecule has 6 nitrogen and oxygen atoms in total. The van der Waals surface area contributed by atoms with Crippen molar-refractivity contribution >= 4 is 39.4 Å². The Bertz CT molecular complexity index is 941. The highest BCUT2D eigenvalue weighted by molar-refractivity contribution is 6.33. The Balaban J connectivity index is 2.04. The quantitative estimate of drug-likeness (QED) is 0.390. The van der Waals surface area contributed by atoms with E-state index in [0.717, 1.165) is 10.8 Å². The Hall–Kier alpha value is -2.99. The van der Waals surface area contributed by atoms with Crippen LogP contribution >= 0.6 is 11.6 Å². The molecule has 7 heteroatoms. The summed E-state index contributed by atoms with van der Waals surface area (Å²) in [5.41, 5.74) is 0.476. The molecule has 0 heterocycles. The topological polar surface area (TPSA) is 88.1 Å². The number of phenolic OH excluding ortho intramolecular Hbond substituents is 1. The molecule has 0 fully saturated rings. The maximum atomic E-state index is 10.7. The highest BCUT2D eigenvalue weighted by Gasteiger charge is 2.10. The third-order valence-corrected chi connectivity index (χ3v) is 3.58. The van der Waals surface area contributed by atoms with Gasteiger partial charge in [0.25, 0.3) is 5.69 Å². The lowest BCUT2D eigenvalue weighted by atomic mass is 10.1. The minimum absolute atomic E-state index is 0.00881. The van der Waals surface area contributed by atoms with Crippen LogP contribution in [0, 0.1) is 10.1 Å². The summed E-state index contributed by atoms with van der Waals surface area (Å²) in [6.07, 6.45) is 0. The van der Waals surface area contributed by atoms with Crippen LogP contribution in [-0.2, 0) is 0 Å². The number of benzene rings is 3. The number of phenols is 1. The average Bonchev–Trinajstić information content (AvgIpc) is 2.55. The standard InChI is InChI=1S/C16H10ClN3O3/c17-13-9-11(20(22)23)6-7-14(13)18-19-16-12-4-2-1-3-10(12)5-8-15(16)21/h1-9,21H. The fourth-order valence-electron chi connectivity index (χ4n) is 2.14. The average molecular weight is 328 g/mol. The first-order valence-corrected chi connectivity index (χ1v) is 7.00. The zero-order valence-corrected chi connectivity index (χ0v) is 12.4. The number of hydrogen-bond donors (Lipinski definition) is 1. The molecule has 23 heavy (non-hydrogen) atoms. The second-order valence-corrected chi connectivity index (χ2v) is 5.15. The fourth-order valence-corrected chi connectivity index (χ4v) is 2.36. The smallest absolute Gasteiger partial charge is 0.271 e. The van der Waals surface area contributed by atoms with Crippen molar-refractivity contribution in [1.29, 1.82) is 0 Å². The molecule has 3 aromatic carbocycles. The molecule has 0 saturated heterocycles. The lowest BCUT2D eigenvalue weighted by molar-refractivity contribution is -0.384. The second kappa shape index (κ2) is 6.02. The Kier molecular flexibility index (Phi) is 3.91. The maximum Gasteiger partial charge on any atom is 0.271 e. The molecule has 0 unspecified atom stereocenters. The van der Waals surface area contributed by atoms with Crippen molar-refractivity contribution in [2.45, 2.75) is 0 Å². The summed E-state index contributed by atoms with van der Waals surface area (Å²) in [6.45, 7) is 0. The Morgan fingerprint density at radius 3 is 2.57 bits per heavy atom. The summed E-state index contributed by atoms with van der Waals surface area (Å²) in [6, 6.07) is 14.7. The number of nitrogens with zero attached hydrogens (tertiary/aromatic N) is 3. The van der Waals surface area contributed by atoms with Crippen LogP contribution in [-0.4, -0.2) is 10.0 Å². The van der Waals surface area contributed by atoms with Crippen LogP contribution in [0.3, 0.4) is 0 Å². The van der Waals surface area contributed by atoms with Gasteiger partial charge in [0.2, 0.25) is 0 Å². The third-order valence-electron chi connectivity index (χ3n) is 3.28. The summed E-state index contributed by atoms with van der Waals surface area (Å²) in [5, 5.41) is 30.5. The Morgan fingerprint density at radius 1 is 1.04 bits per heavy atom. The Labute approximate surface area is 135 Å². The summed E-state index contributed by atoms with van der Waals surface area (Å²) in [4.78, 5) is 10.2. The van der Waals surface area contributed by atoms with Gasteiger partial charge in [0.05, 0.1) is 9.95 Å². The largest absolute Gasteiger partial charge is 0.506 e. The third kappa shape index (κ3) is 2.97. The molecule has 0 aliphatic heterocycles. The van der Waals surface area contributed by atoms with Gasteiger partial charge in [-0.15, -0.1) is 10.2 Å². The number of fused-ring (bicyclic) bond motifs is 1. The molecule has 0 saturated carbocycles. The molecule has 0 spiro atoms. The predicted molar refractivity (Wildman–Crippen MR) is 87.9 cm³/mol. The lowest BCUT2D eigenvalue weighted by Crippen LogP contribution is -1.86. The van der Waals surface area contributed by atoms with Gasteiger partial charge < -0.3 is 5.11 Å². The van der Waals surface area contributed by atoms with Crippen LogP contribution in [0.2, 0.25) is 5.02 Å². The monoisotopic (exact) mass is 327 g/mol. The van der Waals surface area contributed by atoms with E-state index >= 15 is 0 Å². The summed E-state index contributed by atoms with van der Waals surface area (Å²) in [5.74, 6) is -0.00881.